The quantitative estimate of drug-likeness (QED) is 0.842. The number of hydrogen-bond donors (Lipinski definition) is 2. The smallest absolute Gasteiger partial charge is 0.0564 e. The molecule has 0 aromatic carbocycles. The summed E-state index contributed by atoms with van der Waals surface area (Å²) in [5, 5.41) is 11.4. The lowest BCUT2D eigenvalue weighted by Crippen LogP contribution is -2.40. The van der Waals surface area contributed by atoms with Crippen molar-refractivity contribution in [1.82, 2.24) is 4.90 Å². The van der Waals surface area contributed by atoms with Crippen molar-refractivity contribution in [1.29, 1.82) is 0 Å². The third kappa shape index (κ3) is 2.88. The van der Waals surface area contributed by atoms with Gasteiger partial charge in [-0.05, 0) is 49.7 Å². The molecular formula is C13H22N2OS. The second kappa shape index (κ2) is 5.48. The number of aliphatic hydroxyl groups is 1. The van der Waals surface area contributed by atoms with Crippen molar-refractivity contribution in [2.45, 2.75) is 31.9 Å². The van der Waals surface area contributed by atoms with Crippen LogP contribution >= 0.6 is 11.3 Å². The van der Waals surface area contributed by atoms with Crippen LogP contribution in [0.5, 0.6) is 0 Å². The summed E-state index contributed by atoms with van der Waals surface area (Å²) < 4.78 is 0. The summed E-state index contributed by atoms with van der Waals surface area (Å²) in [6.07, 6.45) is 1.84. The summed E-state index contributed by atoms with van der Waals surface area (Å²) in [4.78, 5) is 3.73. The third-order valence-corrected chi connectivity index (χ3v) is 4.84. The summed E-state index contributed by atoms with van der Waals surface area (Å²) in [6.45, 7) is 3.85. The minimum Gasteiger partial charge on any atom is -0.393 e. The minimum atomic E-state index is -0.0619. The van der Waals surface area contributed by atoms with E-state index in [2.05, 4.69) is 30.3 Å². The predicted molar refractivity (Wildman–Crippen MR) is 72.2 cm³/mol. The number of nitrogens with zero attached hydrogens (tertiary/aromatic N) is 1. The lowest BCUT2D eigenvalue weighted by molar-refractivity contribution is 0.0226. The Kier molecular flexibility index (Phi) is 4.20. The summed E-state index contributed by atoms with van der Waals surface area (Å²) in [5.41, 5.74) is 7.25. The second-order valence-corrected chi connectivity index (χ2v) is 6.10. The Hall–Kier alpha value is -0.420. The van der Waals surface area contributed by atoms with Crippen molar-refractivity contribution in [3.8, 4) is 0 Å². The Labute approximate surface area is 107 Å². The molecule has 1 aromatic heterocycles. The highest BCUT2D eigenvalue weighted by atomic mass is 32.1. The Morgan fingerprint density at radius 3 is 2.76 bits per heavy atom. The van der Waals surface area contributed by atoms with Crippen LogP contribution in [0.3, 0.4) is 0 Å². The van der Waals surface area contributed by atoms with E-state index in [9.17, 15) is 5.11 Å². The maximum absolute atomic E-state index is 9.31. The van der Waals surface area contributed by atoms with Crippen LogP contribution in [0.25, 0.3) is 0 Å². The van der Waals surface area contributed by atoms with Crippen molar-refractivity contribution in [2.75, 3.05) is 20.1 Å². The van der Waals surface area contributed by atoms with Gasteiger partial charge in [0.25, 0.3) is 0 Å². The molecular weight excluding hydrogens is 232 g/mol. The first-order chi connectivity index (χ1) is 8.11. The number of likely N-dealkylation sites (N-methyl/N-ethyl adjacent to an activating group) is 1. The van der Waals surface area contributed by atoms with Gasteiger partial charge in [-0.3, -0.25) is 4.90 Å². The van der Waals surface area contributed by atoms with Gasteiger partial charge >= 0.3 is 0 Å². The van der Waals surface area contributed by atoms with Crippen molar-refractivity contribution >= 4 is 11.3 Å². The molecule has 1 aromatic rings. The van der Waals surface area contributed by atoms with Crippen molar-refractivity contribution in [2.24, 2.45) is 11.7 Å². The van der Waals surface area contributed by atoms with E-state index in [1.54, 1.807) is 11.3 Å². The first kappa shape index (κ1) is 13.0. The number of hydrogen-bond acceptors (Lipinski definition) is 4. The van der Waals surface area contributed by atoms with Gasteiger partial charge in [0, 0.05) is 18.0 Å². The van der Waals surface area contributed by atoms with Crippen LogP contribution in [0.15, 0.2) is 11.4 Å². The van der Waals surface area contributed by atoms with E-state index in [0.29, 0.717) is 18.5 Å². The highest BCUT2D eigenvalue weighted by Crippen LogP contribution is 2.32. The van der Waals surface area contributed by atoms with E-state index >= 15 is 0 Å². The summed E-state index contributed by atoms with van der Waals surface area (Å²) in [7, 11) is 2.14. The van der Waals surface area contributed by atoms with Crippen LogP contribution in [-0.2, 0) is 0 Å². The normalized spacial score (nSPS) is 25.9. The summed E-state index contributed by atoms with van der Waals surface area (Å²) in [5.74, 6) is 0.643. The monoisotopic (exact) mass is 254 g/mol. The largest absolute Gasteiger partial charge is 0.393 e. The number of nitrogens with two attached hydrogens (primary N) is 1. The van der Waals surface area contributed by atoms with Crippen LogP contribution in [0.1, 0.15) is 29.3 Å². The third-order valence-electron chi connectivity index (χ3n) is 3.72. The Bertz CT molecular complexity index is 360. The standard InChI is InChI=1S/C13H22N2OS/c1-9-3-4-17-13(9)12(7-14)15(2)8-10-5-11(16)6-10/h3-4,10-12,16H,5-8,14H2,1-2H3. The molecule has 17 heavy (non-hydrogen) atoms. The van der Waals surface area contributed by atoms with Gasteiger partial charge < -0.3 is 10.8 Å². The molecule has 0 aliphatic heterocycles. The van der Waals surface area contributed by atoms with Crippen molar-refractivity contribution < 1.29 is 5.11 Å². The molecule has 4 heteroatoms. The fourth-order valence-electron chi connectivity index (χ4n) is 2.60. The number of thiophene rings is 1. The van der Waals surface area contributed by atoms with Gasteiger partial charge in [0.05, 0.1) is 12.1 Å². The van der Waals surface area contributed by atoms with Crippen LogP contribution < -0.4 is 5.73 Å². The molecule has 1 atom stereocenters. The average molecular weight is 254 g/mol. The van der Waals surface area contributed by atoms with Crippen molar-refractivity contribution in [3.05, 3.63) is 21.9 Å². The lowest BCUT2D eigenvalue weighted by atomic mass is 9.82. The highest BCUT2D eigenvalue weighted by Gasteiger charge is 2.30. The van der Waals surface area contributed by atoms with E-state index in [0.717, 1.165) is 19.4 Å². The molecule has 1 aliphatic carbocycles. The number of aryl methyl sites for hydroxylation is 1. The van der Waals surface area contributed by atoms with E-state index in [-0.39, 0.29) is 6.10 Å². The van der Waals surface area contributed by atoms with Crippen LogP contribution in [-0.4, -0.2) is 36.2 Å². The fourth-order valence-corrected chi connectivity index (χ4v) is 3.70. The summed E-state index contributed by atoms with van der Waals surface area (Å²) in [6, 6.07) is 2.48. The van der Waals surface area contributed by atoms with Crippen molar-refractivity contribution in [3.63, 3.8) is 0 Å². The molecule has 96 valence electrons. The van der Waals surface area contributed by atoms with Gasteiger partial charge in [0.15, 0.2) is 0 Å². The molecule has 3 nitrogen and oxygen atoms in total. The van der Waals surface area contributed by atoms with Gasteiger partial charge in [-0.25, -0.2) is 0 Å². The Morgan fingerprint density at radius 1 is 1.59 bits per heavy atom. The van der Waals surface area contributed by atoms with E-state index < -0.39 is 0 Å². The zero-order chi connectivity index (χ0) is 12.4. The molecule has 1 fully saturated rings. The molecule has 3 N–H and O–H groups in total. The summed E-state index contributed by atoms with van der Waals surface area (Å²) >= 11 is 1.79. The highest BCUT2D eigenvalue weighted by molar-refractivity contribution is 7.10. The first-order valence-electron chi connectivity index (χ1n) is 6.24. The maximum Gasteiger partial charge on any atom is 0.0564 e. The molecule has 0 radical (unpaired) electrons. The first-order valence-corrected chi connectivity index (χ1v) is 7.12. The molecule has 0 saturated heterocycles. The molecule has 0 spiro atoms. The van der Waals surface area contributed by atoms with E-state index in [1.807, 2.05) is 0 Å². The molecule has 0 bridgehead atoms. The maximum atomic E-state index is 9.31. The van der Waals surface area contributed by atoms with Gasteiger partial charge in [0.2, 0.25) is 0 Å². The zero-order valence-electron chi connectivity index (χ0n) is 10.6. The average Bonchev–Trinajstić information content (AvgIpc) is 2.64. The van der Waals surface area contributed by atoms with Crippen LogP contribution in [0.2, 0.25) is 0 Å². The fraction of sp³-hybridized carbons (Fsp3) is 0.692. The molecule has 1 unspecified atom stereocenters. The molecule has 0 amide bonds. The second-order valence-electron chi connectivity index (χ2n) is 5.15. The van der Waals surface area contributed by atoms with Gasteiger partial charge in [0.1, 0.15) is 0 Å². The Balaban J connectivity index is 1.96. The molecule has 1 aliphatic rings. The topological polar surface area (TPSA) is 49.5 Å². The van der Waals surface area contributed by atoms with Crippen LogP contribution in [0, 0.1) is 12.8 Å². The number of aliphatic hydroxyl groups excluding tert-OH is 1. The van der Waals surface area contributed by atoms with Gasteiger partial charge in [-0.1, -0.05) is 0 Å². The van der Waals surface area contributed by atoms with Gasteiger partial charge in [-0.2, -0.15) is 0 Å². The number of rotatable bonds is 5. The van der Waals surface area contributed by atoms with E-state index in [4.69, 9.17) is 5.73 Å². The predicted octanol–water partition coefficient (Wildman–Crippen LogP) is 1.76. The van der Waals surface area contributed by atoms with Crippen LogP contribution in [0.4, 0.5) is 0 Å². The van der Waals surface area contributed by atoms with E-state index in [1.165, 1.54) is 10.4 Å². The SMILES string of the molecule is Cc1ccsc1C(CN)N(C)CC1CC(O)C1. The molecule has 1 heterocycles. The lowest BCUT2D eigenvalue weighted by Gasteiger charge is -2.37. The Morgan fingerprint density at radius 2 is 2.29 bits per heavy atom. The molecule has 2 rings (SSSR count). The van der Waals surface area contributed by atoms with Gasteiger partial charge in [-0.15, -0.1) is 11.3 Å². The minimum absolute atomic E-state index is 0.0619. The molecule has 1 saturated carbocycles. The zero-order valence-corrected chi connectivity index (χ0v) is 11.4.